The topological polar surface area (TPSA) is 75.7 Å². The Hall–Kier alpha value is -1.60. The third-order valence-corrected chi connectivity index (χ3v) is 3.68. The van der Waals surface area contributed by atoms with Crippen molar-refractivity contribution in [1.82, 2.24) is 0 Å². The van der Waals surface area contributed by atoms with Gasteiger partial charge in [0, 0.05) is 25.0 Å². The molecule has 0 aromatic heterocycles. The molecule has 0 radical (unpaired) electrons. The Balaban J connectivity index is 2.28. The van der Waals surface area contributed by atoms with Crippen molar-refractivity contribution in [1.29, 1.82) is 0 Å². The molecule has 0 saturated carbocycles. The summed E-state index contributed by atoms with van der Waals surface area (Å²) in [5.74, 6) is -0.0859. The number of anilines is 2. The van der Waals surface area contributed by atoms with Crippen molar-refractivity contribution < 1.29 is 17.9 Å². The lowest BCUT2D eigenvalue weighted by Gasteiger charge is -2.29. The first-order valence-corrected chi connectivity index (χ1v) is 8.20. The number of hydrogen-bond donors (Lipinski definition) is 1. The van der Waals surface area contributed by atoms with Crippen molar-refractivity contribution in [2.75, 3.05) is 36.1 Å². The Labute approximate surface area is 118 Å². The van der Waals surface area contributed by atoms with E-state index >= 15 is 0 Å². The lowest BCUT2D eigenvalue weighted by atomic mass is 10.0. The van der Waals surface area contributed by atoms with Crippen LogP contribution in [0.15, 0.2) is 18.2 Å². The molecule has 1 aromatic rings. The van der Waals surface area contributed by atoms with Gasteiger partial charge in [0.05, 0.1) is 6.26 Å². The maximum absolute atomic E-state index is 12.0. The van der Waals surface area contributed by atoms with Crippen LogP contribution in [0.2, 0.25) is 0 Å². The molecular weight excluding hydrogens is 280 g/mol. The third-order valence-electron chi connectivity index (χ3n) is 3.07. The van der Waals surface area contributed by atoms with E-state index in [1.54, 1.807) is 23.1 Å². The first-order chi connectivity index (χ1) is 9.40. The quantitative estimate of drug-likeness (QED) is 0.899. The van der Waals surface area contributed by atoms with E-state index in [2.05, 4.69) is 4.72 Å². The molecule has 0 saturated heterocycles. The van der Waals surface area contributed by atoms with Crippen molar-refractivity contribution in [3.63, 3.8) is 0 Å². The van der Waals surface area contributed by atoms with Crippen LogP contribution in [-0.2, 0) is 26.0 Å². The largest absolute Gasteiger partial charge is 0.375 e. The van der Waals surface area contributed by atoms with E-state index in [1.165, 1.54) is 7.11 Å². The second-order valence-electron chi connectivity index (χ2n) is 4.80. The fourth-order valence-corrected chi connectivity index (χ4v) is 2.89. The third kappa shape index (κ3) is 3.49. The van der Waals surface area contributed by atoms with Crippen molar-refractivity contribution in [3.05, 3.63) is 23.8 Å². The number of rotatable bonds is 4. The zero-order chi connectivity index (χ0) is 14.8. The zero-order valence-corrected chi connectivity index (χ0v) is 12.4. The molecule has 0 bridgehead atoms. The molecule has 0 aliphatic carbocycles. The number of fused-ring (bicyclic) bond motifs is 1. The molecule has 0 unspecified atom stereocenters. The smallest absolute Gasteiger partial charge is 0.252 e. The standard InChI is InChI=1S/C13H18N2O4S/c1-19-9-13(16)15-7-3-4-10-8-11(5-6-12(10)15)14-20(2,17)18/h5-6,8,14H,3-4,7,9H2,1-2H3. The van der Waals surface area contributed by atoms with Gasteiger partial charge in [-0.15, -0.1) is 0 Å². The highest BCUT2D eigenvalue weighted by atomic mass is 32.2. The van der Waals surface area contributed by atoms with Gasteiger partial charge >= 0.3 is 0 Å². The van der Waals surface area contributed by atoms with Crippen molar-refractivity contribution >= 4 is 27.3 Å². The second-order valence-corrected chi connectivity index (χ2v) is 6.55. The van der Waals surface area contributed by atoms with Crippen molar-refractivity contribution in [2.45, 2.75) is 12.8 Å². The van der Waals surface area contributed by atoms with Crippen LogP contribution in [0.3, 0.4) is 0 Å². The van der Waals surface area contributed by atoms with E-state index in [4.69, 9.17) is 4.74 Å². The first kappa shape index (κ1) is 14.8. The number of nitrogens with zero attached hydrogens (tertiary/aromatic N) is 1. The van der Waals surface area contributed by atoms with Crippen molar-refractivity contribution in [3.8, 4) is 0 Å². The van der Waals surface area contributed by atoms with Gasteiger partial charge in [-0.3, -0.25) is 9.52 Å². The molecule has 1 amide bonds. The minimum Gasteiger partial charge on any atom is -0.375 e. The molecule has 20 heavy (non-hydrogen) atoms. The van der Waals surface area contributed by atoms with Crippen LogP contribution in [-0.4, -0.2) is 40.8 Å². The summed E-state index contributed by atoms with van der Waals surface area (Å²) in [5.41, 5.74) is 2.32. The fraction of sp³-hybridized carbons (Fsp3) is 0.462. The number of sulfonamides is 1. The van der Waals surface area contributed by atoms with E-state index < -0.39 is 10.0 Å². The van der Waals surface area contributed by atoms with Gasteiger partial charge in [0.15, 0.2) is 0 Å². The summed E-state index contributed by atoms with van der Waals surface area (Å²) in [7, 11) is -1.80. The number of ether oxygens (including phenoxy) is 1. The second kappa shape index (κ2) is 5.80. The first-order valence-electron chi connectivity index (χ1n) is 6.31. The highest BCUT2D eigenvalue weighted by Gasteiger charge is 2.22. The molecule has 1 N–H and O–H groups in total. The van der Waals surface area contributed by atoms with Crippen LogP contribution in [0.5, 0.6) is 0 Å². The number of amides is 1. The lowest BCUT2D eigenvalue weighted by molar-refractivity contribution is -0.122. The number of benzene rings is 1. The van der Waals surface area contributed by atoms with Crippen LogP contribution in [0.1, 0.15) is 12.0 Å². The molecule has 6 nitrogen and oxygen atoms in total. The molecule has 1 heterocycles. The summed E-state index contributed by atoms with van der Waals surface area (Å²) < 4.78 is 29.8. The van der Waals surface area contributed by atoms with E-state index in [1.807, 2.05) is 0 Å². The minimum absolute atomic E-state index is 0.0444. The lowest BCUT2D eigenvalue weighted by Crippen LogP contribution is -2.37. The van der Waals surface area contributed by atoms with Gasteiger partial charge in [0.2, 0.25) is 10.0 Å². The summed E-state index contributed by atoms with van der Waals surface area (Å²) in [6, 6.07) is 5.22. The number of nitrogens with one attached hydrogen (secondary N) is 1. The predicted octanol–water partition coefficient (Wildman–Crippen LogP) is 0.984. The van der Waals surface area contributed by atoms with Crippen LogP contribution in [0, 0.1) is 0 Å². The number of aryl methyl sites for hydroxylation is 1. The van der Waals surface area contributed by atoms with E-state index in [0.29, 0.717) is 12.2 Å². The number of methoxy groups -OCH3 is 1. The summed E-state index contributed by atoms with van der Waals surface area (Å²) in [6.07, 6.45) is 2.79. The minimum atomic E-state index is -3.29. The maximum atomic E-state index is 12.0. The zero-order valence-electron chi connectivity index (χ0n) is 11.5. The van der Waals surface area contributed by atoms with Gasteiger partial charge in [-0.25, -0.2) is 8.42 Å². The number of carbonyl (C=O) groups is 1. The van der Waals surface area contributed by atoms with E-state index in [9.17, 15) is 13.2 Å². The molecule has 110 valence electrons. The Bertz CT molecular complexity index is 613. The van der Waals surface area contributed by atoms with E-state index in [-0.39, 0.29) is 12.5 Å². The molecule has 7 heteroatoms. The molecule has 1 aliphatic rings. The summed E-state index contributed by atoms with van der Waals surface area (Å²) in [4.78, 5) is 13.7. The Morgan fingerprint density at radius 3 is 2.85 bits per heavy atom. The summed E-state index contributed by atoms with van der Waals surface area (Å²) in [5, 5.41) is 0. The fourth-order valence-electron chi connectivity index (χ4n) is 2.34. The van der Waals surface area contributed by atoms with Gasteiger partial charge in [0.1, 0.15) is 6.61 Å². The predicted molar refractivity (Wildman–Crippen MR) is 77.5 cm³/mol. The van der Waals surface area contributed by atoms with E-state index in [0.717, 1.165) is 30.3 Å². The van der Waals surface area contributed by atoms with Crippen molar-refractivity contribution in [2.24, 2.45) is 0 Å². The average Bonchev–Trinajstić information content (AvgIpc) is 2.36. The highest BCUT2D eigenvalue weighted by Crippen LogP contribution is 2.30. The number of hydrogen-bond acceptors (Lipinski definition) is 4. The van der Waals surface area contributed by atoms with Gasteiger partial charge < -0.3 is 9.64 Å². The maximum Gasteiger partial charge on any atom is 0.252 e. The SMILES string of the molecule is COCC(=O)N1CCCc2cc(NS(C)(=O)=O)ccc21. The molecule has 2 rings (SSSR count). The molecule has 0 fully saturated rings. The van der Waals surface area contributed by atoms with Gasteiger partial charge in [-0.2, -0.15) is 0 Å². The monoisotopic (exact) mass is 298 g/mol. The Morgan fingerprint density at radius 1 is 1.45 bits per heavy atom. The van der Waals surface area contributed by atoms with Gasteiger partial charge in [0.25, 0.3) is 5.91 Å². The molecule has 1 aliphatic heterocycles. The summed E-state index contributed by atoms with van der Waals surface area (Å²) in [6.45, 7) is 0.705. The van der Waals surface area contributed by atoms with Crippen LogP contribution in [0.25, 0.3) is 0 Å². The van der Waals surface area contributed by atoms with Gasteiger partial charge in [-0.1, -0.05) is 0 Å². The Kier molecular flexibility index (Phi) is 4.29. The Morgan fingerprint density at radius 2 is 2.20 bits per heavy atom. The molecule has 0 atom stereocenters. The highest BCUT2D eigenvalue weighted by molar-refractivity contribution is 7.92. The average molecular weight is 298 g/mol. The molecule has 0 spiro atoms. The normalized spacial score (nSPS) is 14.8. The van der Waals surface area contributed by atoms with Crippen LogP contribution >= 0.6 is 0 Å². The van der Waals surface area contributed by atoms with Crippen LogP contribution < -0.4 is 9.62 Å². The summed E-state index contributed by atoms with van der Waals surface area (Å²) >= 11 is 0. The molecule has 1 aromatic carbocycles. The number of carbonyl (C=O) groups excluding carboxylic acids is 1. The van der Waals surface area contributed by atoms with Gasteiger partial charge in [-0.05, 0) is 36.6 Å². The molecular formula is C13H18N2O4S. The van der Waals surface area contributed by atoms with Crippen LogP contribution in [0.4, 0.5) is 11.4 Å².